The van der Waals surface area contributed by atoms with Gasteiger partial charge in [0.05, 0.1) is 0 Å². The third-order valence-electron chi connectivity index (χ3n) is 2.64. The van der Waals surface area contributed by atoms with Crippen molar-refractivity contribution in [3.8, 4) is 0 Å². The lowest BCUT2D eigenvalue weighted by Gasteiger charge is -2.16. The Kier molecular flexibility index (Phi) is 4.18. The fourth-order valence-corrected chi connectivity index (χ4v) is 2.06. The van der Waals surface area contributed by atoms with Crippen LogP contribution in [0.1, 0.15) is 11.1 Å². The van der Waals surface area contributed by atoms with E-state index in [4.69, 9.17) is 17.3 Å². The van der Waals surface area contributed by atoms with Crippen LogP contribution in [0.5, 0.6) is 0 Å². The van der Waals surface area contributed by atoms with Crippen molar-refractivity contribution in [3.63, 3.8) is 0 Å². The largest absolute Gasteiger partial charge is 0.384 e. The molecule has 0 atom stereocenters. The predicted octanol–water partition coefficient (Wildman–Crippen LogP) is 2.95. The van der Waals surface area contributed by atoms with Gasteiger partial charge in [-0.2, -0.15) is 0 Å². The molecule has 2 aromatic rings. The molecule has 0 bridgehead atoms. The van der Waals surface area contributed by atoms with Gasteiger partial charge < -0.3 is 5.73 Å². The highest BCUT2D eigenvalue weighted by Crippen LogP contribution is 2.13. The SMILES string of the molecule is CN(Cc1ccc(N)nc1)Cc1cccc(Cl)c1. The summed E-state index contributed by atoms with van der Waals surface area (Å²) in [6.45, 7) is 1.69. The maximum atomic E-state index is 5.96. The second kappa shape index (κ2) is 5.85. The summed E-state index contributed by atoms with van der Waals surface area (Å²) < 4.78 is 0. The van der Waals surface area contributed by atoms with Gasteiger partial charge in [-0.3, -0.25) is 4.90 Å². The summed E-state index contributed by atoms with van der Waals surface area (Å²) in [7, 11) is 2.07. The van der Waals surface area contributed by atoms with Gasteiger partial charge in [0, 0.05) is 24.3 Å². The maximum absolute atomic E-state index is 5.96. The molecule has 1 aromatic carbocycles. The molecule has 0 aliphatic rings. The quantitative estimate of drug-likeness (QED) is 0.920. The molecule has 3 nitrogen and oxygen atoms in total. The summed E-state index contributed by atoms with van der Waals surface area (Å²) in [4.78, 5) is 6.29. The van der Waals surface area contributed by atoms with Crippen LogP contribution >= 0.6 is 11.6 Å². The van der Waals surface area contributed by atoms with Crippen molar-refractivity contribution in [1.82, 2.24) is 9.88 Å². The molecule has 0 fully saturated rings. The minimum absolute atomic E-state index is 0.552. The van der Waals surface area contributed by atoms with Gasteiger partial charge in [-0.1, -0.05) is 29.8 Å². The smallest absolute Gasteiger partial charge is 0.123 e. The van der Waals surface area contributed by atoms with Crippen LogP contribution in [-0.4, -0.2) is 16.9 Å². The second-order valence-electron chi connectivity index (χ2n) is 4.39. The molecule has 94 valence electrons. The number of pyridine rings is 1. The highest BCUT2D eigenvalue weighted by Gasteiger charge is 2.02. The number of benzene rings is 1. The molecule has 18 heavy (non-hydrogen) atoms. The van der Waals surface area contributed by atoms with Crippen molar-refractivity contribution in [2.45, 2.75) is 13.1 Å². The summed E-state index contributed by atoms with van der Waals surface area (Å²) in [5.74, 6) is 0.552. The van der Waals surface area contributed by atoms with Crippen LogP contribution in [0.3, 0.4) is 0 Å². The summed E-state index contributed by atoms with van der Waals surface area (Å²) in [5, 5.41) is 0.773. The minimum atomic E-state index is 0.552. The third-order valence-corrected chi connectivity index (χ3v) is 2.88. The topological polar surface area (TPSA) is 42.1 Å². The first-order valence-corrected chi connectivity index (χ1v) is 6.14. The lowest BCUT2D eigenvalue weighted by atomic mass is 10.2. The molecule has 1 heterocycles. The standard InChI is InChI=1S/C14H16ClN3/c1-18(9-11-3-2-4-13(15)7-11)10-12-5-6-14(16)17-8-12/h2-8H,9-10H2,1H3,(H2,16,17). The van der Waals surface area contributed by atoms with E-state index in [1.165, 1.54) is 5.56 Å². The van der Waals surface area contributed by atoms with Gasteiger partial charge >= 0.3 is 0 Å². The lowest BCUT2D eigenvalue weighted by molar-refractivity contribution is 0.319. The number of halogens is 1. The first-order valence-electron chi connectivity index (χ1n) is 5.77. The normalized spacial score (nSPS) is 10.8. The molecule has 0 radical (unpaired) electrons. The maximum Gasteiger partial charge on any atom is 0.123 e. The third kappa shape index (κ3) is 3.72. The van der Waals surface area contributed by atoms with Gasteiger partial charge in [-0.15, -0.1) is 0 Å². The Morgan fingerprint density at radius 2 is 1.94 bits per heavy atom. The Morgan fingerprint density at radius 3 is 2.61 bits per heavy atom. The van der Waals surface area contributed by atoms with Crippen molar-refractivity contribution >= 4 is 17.4 Å². The Balaban J connectivity index is 1.96. The van der Waals surface area contributed by atoms with E-state index < -0.39 is 0 Å². The van der Waals surface area contributed by atoms with Gasteiger partial charge in [-0.25, -0.2) is 4.98 Å². The molecule has 0 unspecified atom stereocenters. The Hall–Kier alpha value is -1.58. The molecule has 0 spiro atoms. The highest BCUT2D eigenvalue weighted by atomic mass is 35.5. The fourth-order valence-electron chi connectivity index (χ4n) is 1.84. The average Bonchev–Trinajstić information content (AvgIpc) is 2.32. The van der Waals surface area contributed by atoms with E-state index in [1.807, 2.05) is 36.5 Å². The number of nitrogen functional groups attached to an aromatic ring is 1. The van der Waals surface area contributed by atoms with E-state index >= 15 is 0 Å². The molecule has 0 aliphatic carbocycles. The van der Waals surface area contributed by atoms with Gasteiger partial charge in [0.15, 0.2) is 0 Å². The molecule has 1 aromatic heterocycles. The van der Waals surface area contributed by atoms with Crippen LogP contribution in [0.2, 0.25) is 5.02 Å². The monoisotopic (exact) mass is 261 g/mol. The number of nitrogens with two attached hydrogens (primary N) is 1. The van der Waals surface area contributed by atoms with Crippen molar-refractivity contribution in [3.05, 3.63) is 58.7 Å². The predicted molar refractivity (Wildman–Crippen MR) is 75.3 cm³/mol. The van der Waals surface area contributed by atoms with Gasteiger partial charge in [0.25, 0.3) is 0 Å². The van der Waals surface area contributed by atoms with Crippen molar-refractivity contribution < 1.29 is 0 Å². The van der Waals surface area contributed by atoms with Gasteiger partial charge in [-0.05, 0) is 36.4 Å². The fraction of sp³-hybridized carbons (Fsp3) is 0.214. The van der Waals surface area contributed by atoms with E-state index in [9.17, 15) is 0 Å². The zero-order valence-corrected chi connectivity index (χ0v) is 11.1. The molecule has 2 rings (SSSR count). The van der Waals surface area contributed by atoms with E-state index in [1.54, 1.807) is 0 Å². The second-order valence-corrected chi connectivity index (χ2v) is 4.83. The van der Waals surface area contributed by atoms with Crippen LogP contribution in [-0.2, 0) is 13.1 Å². The highest BCUT2D eigenvalue weighted by molar-refractivity contribution is 6.30. The number of hydrogen-bond donors (Lipinski definition) is 1. The first kappa shape index (κ1) is 12.9. The summed E-state index contributed by atoms with van der Waals surface area (Å²) in [6, 6.07) is 11.7. The molecular weight excluding hydrogens is 246 g/mol. The van der Waals surface area contributed by atoms with Gasteiger partial charge in [0.2, 0.25) is 0 Å². The van der Waals surface area contributed by atoms with Crippen molar-refractivity contribution in [2.24, 2.45) is 0 Å². The minimum Gasteiger partial charge on any atom is -0.384 e. The van der Waals surface area contributed by atoms with Crippen molar-refractivity contribution in [2.75, 3.05) is 12.8 Å². The molecule has 0 aliphatic heterocycles. The van der Waals surface area contributed by atoms with E-state index in [0.29, 0.717) is 5.82 Å². The van der Waals surface area contributed by atoms with E-state index in [2.05, 4.69) is 23.0 Å². The average molecular weight is 262 g/mol. The number of hydrogen-bond acceptors (Lipinski definition) is 3. The zero-order valence-electron chi connectivity index (χ0n) is 10.3. The molecule has 2 N–H and O–H groups in total. The number of aromatic nitrogens is 1. The number of anilines is 1. The summed E-state index contributed by atoms with van der Waals surface area (Å²) in [5.41, 5.74) is 7.91. The molecule has 0 saturated carbocycles. The van der Waals surface area contributed by atoms with Crippen LogP contribution in [0.15, 0.2) is 42.6 Å². The van der Waals surface area contributed by atoms with Crippen LogP contribution in [0.4, 0.5) is 5.82 Å². The van der Waals surface area contributed by atoms with Crippen LogP contribution in [0.25, 0.3) is 0 Å². The Bertz CT molecular complexity index is 511. The zero-order chi connectivity index (χ0) is 13.0. The molecule has 0 saturated heterocycles. The van der Waals surface area contributed by atoms with Crippen LogP contribution < -0.4 is 5.73 Å². The van der Waals surface area contributed by atoms with Crippen LogP contribution in [0, 0.1) is 0 Å². The number of nitrogens with zero attached hydrogens (tertiary/aromatic N) is 2. The Labute approximate surface area is 112 Å². The molecule has 0 amide bonds. The van der Waals surface area contributed by atoms with Gasteiger partial charge in [0.1, 0.15) is 5.82 Å². The summed E-state index contributed by atoms with van der Waals surface area (Å²) >= 11 is 5.96. The first-order chi connectivity index (χ1) is 8.63. The van der Waals surface area contributed by atoms with Crippen molar-refractivity contribution in [1.29, 1.82) is 0 Å². The van der Waals surface area contributed by atoms with E-state index in [0.717, 1.165) is 23.7 Å². The molecule has 4 heteroatoms. The Morgan fingerprint density at radius 1 is 1.17 bits per heavy atom. The number of rotatable bonds is 4. The molecular formula is C14H16ClN3. The lowest BCUT2D eigenvalue weighted by Crippen LogP contribution is -2.17. The van der Waals surface area contributed by atoms with E-state index in [-0.39, 0.29) is 0 Å². The summed E-state index contributed by atoms with van der Waals surface area (Å²) in [6.07, 6.45) is 1.81.